The van der Waals surface area contributed by atoms with Crippen LogP contribution in [0.1, 0.15) is 6.42 Å². The number of rotatable bonds is 6. The van der Waals surface area contributed by atoms with E-state index in [1.165, 1.54) is 6.20 Å². The Hall–Kier alpha value is -1.81. The van der Waals surface area contributed by atoms with Crippen molar-refractivity contribution in [3.63, 3.8) is 0 Å². The maximum absolute atomic E-state index is 5.74. The lowest BCUT2D eigenvalue weighted by atomic mass is 10.3. The predicted octanol–water partition coefficient (Wildman–Crippen LogP) is 3.04. The monoisotopic (exact) mass is 262 g/mol. The van der Waals surface area contributed by atoms with E-state index < -0.39 is 0 Å². The van der Waals surface area contributed by atoms with Gasteiger partial charge in [-0.1, -0.05) is 29.8 Å². The molecule has 1 heterocycles. The summed E-state index contributed by atoms with van der Waals surface area (Å²) in [5, 5.41) is 6.92. The number of hydrogen-bond acceptors (Lipinski definition) is 4. The van der Waals surface area contributed by atoms with Crippen LogP contribution in [0.25, 0.3) is 0 Å². The van der Waals surface area contributed by atoms with E-state index in [4.69, 9.17) is 11.6 Å². The average Bonchev–Trinajstić information content (AvgIpc) is 2.40. The first-order valence-corrected chi connectivity index (χ1v) is 6.23. The highest BCUT2D eigenvalue weighted by Gasteiger charge is 1.95. The van der Waals surface area contributed by atoms with Crippen LogP contribution in [0.2, 0.25) is 5.15 Å². The van der Waals surface area contributed by atoms with Crippen molar-refractivity contribution in [3.05, 3.63) is 47.9 Å². The molecule has 2 rings (SSSR count). The van der Waals surface area contributed by atoms with E-state index in [1.807, 2.05) is 18.2 Å². The van der Waals surface area contributed by atoms with Crippen molar-refractivity contribution in [1.82, 2.24) is 9.97 Å². The van der Waals surface area contributed by atoms with Gasteiger partial charge in [-0.05, 0) is 18.6 Å². The third-order valence-electron chi connectivity index (χ3n) is 2.37. The molecule has 1 aromatic heterocycles. The molecule has 0 aliphatic heterocycles. The second-order valence-corrected chi connectivity index (χ2v) is 4.19. The van der Waals surface area contributed by atoms with Gasteiger partial charge < -0.3 is 10.6 Å². The molecule has 0 spiro atoms. The quantitative estimate of drug-likeness (QED) is 0.786. The van der Waals surface area contributed by atoms with E-state index in [-0.39, 0.29) is 0 Å². The third-order valence-corrected chi connectivity index (χ3v) is 2.55. The van der Waals surface area contributed by atoms with Gasteiger partial charge in [0, 0.05) is 18.8 Å². The summed E-state index contributed by atoms with van der Waals surface area (Å²) in [5.41, 5.74) is 1.14. The molecule has 94 valence electrons. The van der Waals surface area contributed by atoms with Gasteiger partial charge in [0.25, 0.3) is 0 Å². The largest absolute Gasteiger partial charge is 0.385 e. The molecule has 5 heteroatoms. The van der Waals surface area contributed by atoms with E-state index in [0.717, 1.165) is 25.2 Å². The number of nitrogens with zero attached hydrogens (tertiary/aromatic N) is 2. The fourth-order valence-electron chi connectivity index (χ4n) is 1.52. The Morgan fingerprint density at radius 3 is 2.56 bits per heavy atom. The summed E-state index contributed by atoms with van der Waals surface area (Å²) in [6.07, 6.45) is 4.17. The molecular weight excluding hydrogens is 248 g/mol. The van der Waals surface area contributed by atoms with Crippen LogP contribution < -0.4 is 10.6 Å². The highest BCUT2D eigenvalue weighted by atomic mass is 35.5. The molecule has 0 unspecified atom stereocenters. The van der Waals surface area contributed by atoms with Crippen molar-refractivity contribution in [2.45, 2.75) is 6.42 Å². The molecule has 2 aromatic rings. The predicted molar refractivity (Wildman–Crippen MR) is 75.1 cm³/mol. The summed E-state index contributed by atoms with van der Waals surface area (Å²) in [6, 6.07) is 10.1. The van der Waals surface area contributed by atoms with Crippen LogP contribution in [-0.2, 0) is 0 Å². The van der Waals surface area contributed by atoms with Crippen LogP contribution in [0.3, 0.4) is 0 Å². The fraction of sp³-hybridized carbons (Fsp3) is 0.231. The fourth-order valence-corrected chi connectivity index (χ4v) is 1.67. The highest BCUT2D eigenvalue weighted by molar-refractivity contribution is 6.29. The lowest BCUT2D eigenvalue weighted by Crippen LogP contribution is -2.10. The molecule has 0 radical (unpaired) electrons. The van der Waals surface area contributed by atoms with Crippen molar-refractivity contribution in [2.75, 3.05) is 23.7 Å². The minimum Gasteiger partial charge on any atom is -0.385 e. The summed E-state index contributed by atoms with van der Waals surface area (Å²) in [5.74, 6) is 0.710. The number of hydrogen-bond donors (Lipinski definition) is 2. The number of benzene rings is 1. The van der Waals surface area contributed by atoms with Gasteiger partial charge in [0.15, 0.2) is 0 Å². The maximum Gasteiger partial charge on any atom is 0.149 e. The molecule has 0 saturated carbocycles. The SMILES string of the molecule is Clc1cncc(NCCCNc2ccccc2)n1. The van der Waals surface area contributed by atoms with Crippen molar-refractivity contribution in [1.29, 1.82) is 0 Å². The Morgan fingerprint density at radius 1 is 1.00 bits per heavy atom. The van der Waals surface area contributed by atoms with E-state index >= 15 is 0 Å². The molecule has 0 aliphatic rings. The molecule has 0 saturated heterocycles. The number of anilines is 2. The second-order valence-electron chi connectivity index (χ2n) is 3.80. The van der Waals surface area contributed by atoms with E-state index in [2.05, 4.69) is 32.7 Å². The summed E-state index contributed by atoms with van der Waals surface area (Å²) in [7, 11) is 0. The van der Waals surface area contributed by atoms with Gasteiger partial charge in [0.05, 0.1) is 12.4 Å². The molecule has 0 aliphatic carbocycles. The Bertz CT molecular complexity index is 475. The molecule has 0 bridgehead atoms. The Labute approximate surface area is 111 Å². The average molecular weight is 263 g/mol. The van der Waals surface area contributed by atoms with E-state index in [1.54, 1.807) is 6.20 Å². The van der Waals surface area contributed by atoms with Crippen LogP contribution in [0.4, 0.5) is 11.5 Å². The number of aromatic nitrogens is 2. The van der Waals surface area contributed by atoms with E-state index in [9.17, 15) is 0 Å². The van der Waals surface area contributed by atoms with Gasteiger partial charge in [-0.3, -0.25) is 4.98 Å². The molecule has 0 amide bonds. The second kappa shape index (κ2) is 6.81. The van der Waals surface area contributed by atoms with Crippen molar-refractivity contribution in [3.8, 4) is 0 Å². The van der Waals surface area contributed by atoms with Gasteiger partial charge in [-0.2, -0.15) is 0 Å². The number of para-hydroxylation sites is 1. The first-order valence-electron chi connectivity index (χ1n) is 5.85. The molecule has 1 aromatic carbocycles. The smallest absolute Gasteiger partial charge is 0.149 e. The minimum absolute atomic E-state index is 0.405. The van der Waals surface area contributed by atoms with Crippen LogP contribution in [0.5, 0.6) is 0 Å². The zero-order valence-electron chi connectivity index (χ0n) is 9.94. The molecule has 2 N–H and O–H groups in total. The third kappa shape index (κ3) is 4.22. The lowest BCUT2D eigenvalue weighted by Gasteiger charge is -2.07. The van der Waals surface area contributed by atoms with Gasteiger partial charge in [0.2, 0.25) is 0 Å². The summed E-state index contributed by atoms with van der Waals surface area (Å²) >= 11 is 5.74. The zero-order chi connectivity index (χ0) is 12.6. The Balaban J connectivity index is 1.65. The van der Waals surface area contributed by atoms with Gasteiger partial charge in [0.1, 0.15) is 11.0 Å². The normalized spacial score (nSPS) is 10.1. The summed E-state index contributed by atoms with van der Waals surface area (Å²) in [6.45, 7) is 1.74. The molecule has 0 fully saturated rings. The van der Waals surface area contributed by atoms with Crippen LogP contribution in [0.15, 0.2) is 42.7 Å². The molecule has 0 atom stereocenters. The molecule has 4 nitrogen and oxygen atoms in total. The summed E-state index contributed by atoms with van der Waals surface area (Å²) < 4.78 is 0. The molecular formula is C13H15ClN4. The number of halogens is 1. The van der Waals surface area contributed by atoms with E-state index in [0.29, 0.717) is 11.0 Å². The Kier molecular flexibility index (Phi) is 4.78. The topological polar surface area (TPSA) is 49.8 Å². The van der Waals surface area contributed by atoms with Gasteiger partial charge >= 0.3 is 0 Å². The zero-order valence-corrected chi connectivity index (χ0v) is 10.7. The van der Waals surface area contributed by atoms with Crippen LogP contribution in [0, 0.1) is 0 Å². The highest BCUT2D eigenvalue weighted by Crippen LogP contribution is 2.07. The van der Waals surface area contributed by atoms with Gasteiger partial charge in [-0.25, -0.2) is 4.98 Å². The standard InChI is InChI=1S/C13H15ClN4/c14-12-9-15-10-13(18-12)17-8-4-7-16-11-5-2-1-3-6-11/h1-3,5-6,9-10,16H,4,7-8H2,(H,17,18). The number of nitrogens with one attached hydrogen (secondary N) is 2. The van der Waals surface area contributed by atoms with Crippen molar-refractivity contribution >= 4 is 23.1 Å². The first kappa shape index (κ1) is 12.6. The summed E-state index contributed by atoms with van der Waals surface area (Å²) in [4.78, 5) is 8.06. The Morgan fingerprint density at radius 2 is 1.78 bits per heavy atom. The molecule has 18 heavy (non-hydrogen) atoms. The van der Waals surface area contributed by atoms with Crippen LogP contribution in [-0.4, -0.2) is 23.1 Å². The maximum atomic E-state index is 5.74. The lowest BCUT2D eigenvalue weighted by molar-refractivity contribution is 0.902. The van der Waals surface area contributed by atoms with Crippen molar-refractivity contribution in [2.24, 2.45) is 0 Å². The first-order chi connectivity index (χ1) is 8.84. The van der Waals surface area contributed by atoms with Gasteiger partial charge in [-0.15, -0.1) is 0 Å². The van der Waals surface area contributed by atoms with Crippen molar-refractivity contribution < 1.29 is 0 Å². The minimum atomic E-state index is 0.405. The van der Waals surface area contributed by atoms with Crippen LogP contribution >= 0.6 is 11.6 Å².